The van der Waals surface area contributed by atoms with Crippen molar-refractivity contribution in [2.24, 2.45) is 5.92 Å². The van der Waals surface area contributed by atoms with Crippen LogP contribution in [0.1, 0.15) is 207 Å². The Hall–Kier alpha value is -0.120. The minimum absolute atomic E-state index is 0.757. The zero-order chi connectivity index (χ0) is 29.0. The molecule has 1 atom stereocenters. The van der Waals surface area contributed by atoms with Gasteiger partial charge in [0, 0.05) is 0 Å². The topological polar surface area (TPSA) is 30.5 Å². The molecule has 3 nitrogen and oxygen atoms in total. The molecule has 3 heteroatoms. The molecule has 0 aromatic heterocycles. The van der Waals surface area contributed by atoms with Crippen LogP contribution in [-0.4, -0.2) is 26.3 Å². The molecule has 0 saturated heterocycles. The van der Waals surface area contributed by atoms with Gasteiger partial charge in [-0.1, -0.05) is 181 Å². The maximum atomic E-state index is 5.34. The van der Waals surface area contributed by atoms with Gasteiger partial charge >= 0.3 is 0 Å². The van der Waals surface area contributed by atoms with E-state index in [-0.39, 0.29) is 0 Å². The average molecular weight is 568 g/mol. The van der Waals surface area contributed by atoms with Crippen LogP contribution in [-0.2, 0) is 9.78 Å². The van der Waals surface area contributed by atoms with E-state index >= 15 is 0 Å². The predicted molar refractivity (Wildman–Crippen MR) is 179 cm³/mol. The van der Waals surface area contributed by atoms with Gasteiger partial charge in [-0.05, 0) is 44.7 Å². The molecule has 0 rings (SSSR count). The van der Waals surface area contributed by atoms with Gasteiger partial charge in [-0.25, -0.2) is 9.78 Å². The summed E-state index contributed by atoms with van der Waals surface area (Å²) in [6.45, 7) is 10.8. The molecule has 0 aromatic carbocycles. The molecule has 0 aromatic rings. The summed E-state index contributed by atoms with van der Waals surface area (Å²) in [5, 5.41) is 3.67. The van der Waals surface area contributed by atoms with Gasteiger partial charge in [0.2, 0.25) is 0 Å². The SMILES string of the molecule is CCCCCCCCCOOCCCCCCCNCCCCCCCC(CCCCCC)CCCCCCC. The molecule has 242 valence electrons. The van der Waals surface area contributed by atoms with Crippen molar-refractivity contribution >= 4 is 0 Å². The van der Waals surface area contributed by atoms with Crippen molar-refractivity contribution in [3.8, 4) is 0 Å². The van der Waals surface area contributed by atoms with Gasteiger partial charge in [0.25, 0.3) is 0 Å². The number of nitrogens with one attached hydrogen (secondary N) is 1. The molecule has 0 heterocycles. The lowest BCUT2D eigenvalue weighted by atomic mass is 9.89. The van der Waals surface area contributed by atoms with E-state index in [9.17, 15) is 0 Å². The van der Waals surface area contributed by atoms with Crippen molar-refractivity contribution in [3.05, 3.63) is 0 Å². The Morgan fingerprint density at radius 3 is 1.05 bits per heavy atom. The first kappa shape index (κ1) is 39.9. The summed E-state index contributed by atoms with van der Waals surface area (Å²) >= 11 is 0. The third kappa shape index (κ3) is 34.1. The molecular formula is C37H77NO2. The molecule has 0 aliphatic rings. The summed E-state index contributed by atoms with van der Waals surface area (Å²) in [4.78, 5) is 10.7. The highest BCUT2D eigenvalue weighted by Crippen LogP contribution is 2.24. The van der Waals surface area contributed by atoms with E-state index in [0.29, 0.717) is 0 Å². The quantitative estimate of drug-likeness (QED) is 0.0464. The van der Waals surface area contributed by atoms with E-state index in [1.807, 2.05) is 0 Å². The van der Waals surface area contributed by atoms with E-state index in [0.717, 1.165) is 32.0 Å². The van der Waals surface area contributed by atoms with Crippen LogP contribution >= 0.6 is 0 Å². The van der Waals surface area contributed by atoms with Crippen molar-refractivity contribution < 1.29 is 9.78 Å². The van der Waals surface area contributed by atoms with Crippen LogP contribution < -0.4 is 5.32 Å². The fraction of sp³-hybridized carbons (Fsp3) is 1.00. The van der Waals surface area contributed by atoms with E-state index in [1.54, 1.807) is 0 Å². The molecular weight excluding hydrogens is 490 g/mol. The maximum absolute atomic E-state index is 5.34. The number of unbranched alkanes of at least 4 members (excludes halogenated alkanes) is 21. The van der Waals surface area contributed by atoms with Gasteiger partial charge in [-0.3, -0.25) is 0 Å². The molecule has 0 radical (unpaired) electrons. The Morgan fingerprint density at radius 2 is 0.650 bits per heavy atom. The summed E-state index contributed by atoms with van der Waals surface area (Å²) in [6.07, 6.45) is 40.2. The van der Waals surface area contributed by atoms with Gasteiger partial charge < -0.3 is 5.32 Å². The van der Waals surface area contributed by atoms with Crippen molar-refractivity contribution in [1.82, 2.24) is 5.32 Å². The average Bonchev–Trinajstić information content (AvgIpc) is 2.97. The minimum atomic E-state index is 0.757. The summed E-state index contributed by atoms with van der Waals surface area (Å²) in [6, 6.07) is 0. The van der Waals surface area contributed by atoms with Gasteiger partial charge in [0.1, 0.15) is 0 Å². The molecule has 40 heavy (non-hydrogen) atoms. The van der Waals surface area contributed by atoms with E-state index in [2.05, 4.69) is 26.1 Å². The van der Waals surface area contributed by atoms with Crippen LogP contribution in [0.25, 0.3) is 0 Å². The van der Waals surface area contributed by atoms with E-state index < -0.39 is 0 Å². The van der Waals surface area contributed by atoms with Crippen LogP contribution in [0.3, 0.4) is 0 Å². The summed E-state index contributed by atoms with van der Waals surface area (Å²) < 4.78 is 0. The van der Waals surface area contributed by atoms with Crippen molar-refractivity contribution in [3.63, 3.8) is 0 Å². The van der Waals surface area contributed by atoms with Crippen molar-refractivity contribution in [2.45, 2.75) is 207 Å². The van der Waals surface area contributed by atoms with Crippen LogP contribution in [0.5, 0.6) is 0 Å². The Labute approximate surface area is 254 Å². The Kier molecular flexibility index (Phi) is 36.8. The first-order valence-corrected chi connectivity index (χ1v) is 18.8. The number of hydrogen-bond acceptors (Lipinski definition) is 3. The van der Waals surface area contributed by atoms with E-state index in [1.165, 1.54) is 186 Å². The monoisotopic (exact) mass is 568 g/mol. The first-order valence-electron chi connectivity index (χ1n) is 18.8. The third-order valence-corrected chi connectivity index (χ3v) is 8.64. The van der Waals surface area contributed by atoms with Crippen molar-refractivity contribution in [1.29, 1.82) is 0 Å². The van der Waals surface area contributed by atoms with Crippen LogP contribution in [0, 0.1) is 5.92 Å². The fourth-order valence-electron chi connectivity index (χ4n) is 5.84. The first-order chi connectivity index (χ1) is 19.8. The molecule has 0 amide bonds. The second-order valence-electron chi connectivity index (χ2n) is 12.8. The summed E-state index contributed by atoms with van der Waals surface area (Å²) in [7, 11) is 0. The molecule has 0 spiro atoms. The molecule has 0 aliphatic carbocycles. The number of hydrogen-bond donors (Lipinski definition) is 1. The van der Waals surface area contributed by atoms with Crippen LogP contribution in [0.2, 0.25) is 0 Å². The molecule has 1 unspecified atom stereocenters. The number of rotatable bonds is 36. The van der Waals surface area contributed by atoms with Gasteiger partial charge in [0.15, 0.2) is 0 Å². The lowest BCUT2D eigenvalue weighted by molar-refractivity contribution is -0.295. The molecule has 0 aliphatic heterocycles. The normalized spacial score (nSPS) is 12.4. The van der Waals surface area contributed by atoms with Crippen LogP contribution in [0.4, 0.5) is 0 Å². The molecule has 0 fully saturated rings. The molecule has 0 saturated carbocycles. The highest BCUT2D eigenvalue weighted by Gasteiger charge is 2.08. The Morgan fingerprint density at radius 1 is 0.350 bits per heavy atom. The maximum Gasteiger partial charge on any atom is 0.0822 e. The summed E-state index contributed by atoms with van der Waals surface area (Å²) in [5.74, 6) is 1.01. The predicted octanol–water partition coefficient (Wildman–Crippen LogP) is 12.5. The largest absolute Gasteiger partial charge is 0.317 e. The smallest absolute Gasteiger partial charge is 0.0822 e. The third-order valence-electron chi connectivity index (χ3n) is 8.64. The zero-order valence-electron chi connectivity index (χ0n) is 28.2. The fourth-order valence-corrected chi connectivity index (χ4v) is 5.84. The van der Waals surface area contributed by atoms with Crippen LogP contribution in [0.15, 0.2) is 0 Å². The minimum Gasteiger partial charge on any atom is -0.317 e. The van der Waals surface area contributed by atoms with Gasteiger partial charge in [-0.15, -0.1) is 0 Å². The van der Waals surface area contributed by atoms with Gasteiger partial charge in [0.05, 0.1) is 13.2 Å². The lowest BCUT2D eigenvalue weighted by Gasteiger charge is -2.17. The van der Waals surface area contributed by atoms with E-state index in [4.69, 9.17) is 9.78 Å². The molecule has 1 N–H and O–H groups in total. The zero-order valence-corrected chi connectivity index (χ0v) is 28.2. The van der Waals surface area contributed by atoms with Gasteiger partial charge in [-0.2, -0.15) is 0 Å². The molecule has 0 bridgehead atoms. The standard InChI is InChI=1S/C37H77NO2/c1-4-7-10-13-14-21-28-35-39-40-36-29-22-16-20-27-34-38-33-26-19-15-18-25-32-37(30-23-12-9-6-3)31-24-17-11-8-5-2/h37-38H,4-36H2,1-3H3. The lowest BCUT2D eigenvalue weighted by Crippen LogP contribution is -2.16. The Bertz CT molecular complexity index is 430. The Balaban J connectivity index is 3.36. The second kappa shape index (κ2) is 36.9. The highest BCUT2D eigenvalue weighted by molar-refractivity contribution is 4.62. The second-order valence-corrected chi connectivity index (χ2v) is 12.8. The highest BCUT2D eigenvalue weighted by atomic mass is 17.2. The van der Waals surface area contributed by atoms with Crippen molar-refractivity contribution in [2.75, 3.05) is 26.3 Å². The summed E-state index contributed by atoms with van der Waals surface area (Å²) in [5.41, 5.74) is 0.